The van der Waals surface area contributed by atoms with Gasteiger partial charge in [-0.2, -0.15) is 5.10 Å². The number of ether oxygens (including phenoxy) is 1. The first-order valence-electron chi connectivity index (χ1n) is 15.0. The number of alkyl halides is 2. The summed E-state index contributed by atoms with van der Waals surface area (Å²) in [6.45, 7) is 15.5. The number of aromatic nitrogens is 3. The van der Waals surface area contributed by atoms with Crippen LogP contribution < -0.4 is 5.32 Å². The summed E-state index contributed by atoms with van der Waals surface area (Å²) >= 11 is 5.99. The molecule has 12 heteroatoms. The minimum atomic E-state index is -3.12. The molecule has 1 aromatic carbocycles. The van der Waals surface area contributed by atoms with Gasteiger partial charge in [0, 0.05) is 36.3 Å². The Morgan fingerprint density at radius 3 is 2.40 bits per heavy atom. The number of halogens is 5. The van der Waals surface area contributed by atoms with Crippen molar-refractivity contribution in [2.45, 2.75) is 105 Å². The fourth-order valence-corrected chi connectivity index (χ4v) is 6.11. The molecule has 0 radical (unpaired) electrons. The SMILES string of the molecule is Cc1cc(Nc2cc(C(F)F)c(F)c(CC3(C(=O)OC(C)(C)C)CCN(Cc4cccc(Cl)c4F)C(C)C3)n2)nn1C(C)(C)C. The number of hydrogen-bond acceptors (Lipinski definition) is 6. The fraction of sp³-hybridized carbons (Fsp3) is 0.545. The molecule has 45 heavy (non-hydrogen) atoms. The normalized spacial score (nSPS) is 19.6. The van der Waals surface area contributed by atoms with Gasteiger partial charge in [0.15, 0.2) is 11.6 Å². The maximum absolute atomic E-state index is 15.7. The standard InChI is InChI=1S/C33H42ClF4N5O2/c1-19-14-26(41-43(19)31(3,4)5)40-25-15-22(29(37)38)28(36)24(39-25)17-33(30(44)45-32(6,7)8)12-13-42(20(2)16-33)18-21-10-9-11-23(34)27(21)35/h9-11,14-15,20,29H,12-13,16-18H2,1-8H3,(H,39,40,41). The number of piperidine rings is 1. The van der Waals surface area contributed by atoms with Crippen LogP contribution in [0.4, 0.5) is 29.2 Å². The van der Waals surface area contributed by atoms with Crippen LogP contribution in [0.3, 0.4) is 0 Å². The van der Waals surface area contributed by atoms with Gasteiger partial charge in [0.1, 0.15) is 17.2 Å². The smallest absolute Gasteiger partial charge is 0.313 e. The maximum atomic E-state index is 15.7. The largest absolute Gasteiger partial charge is 0.460 e. The predicted molar refractivity (Wildman–Crippen MR) is 167 cm³/mol. The lowest BCUT2D eigenvalue weighted by molar-refractivity contribution is -0.172. The Bertz CT molecular complexity index is 1550. The van der Waals surface area contributed by atoms with E-state index < -0.39 is 40.6 Å². The number of rotatable bonds is 8. The zero-order valence-electron chi connectivity index (χ0n) is 27.1. The lowest BCUT2D eigenvalue weighted by Crippen LogP contribution is -2.51. The maximum Gasteiger partial charge on any atom is 0.313 e. The van der Waals surface area contributed by atoms with Crippen LogP contribution in [0.1, 0.15) is 90.2 Å². The summed E-state index contributed by atoms with van der Waals surface area (Å²) in [5.74, 6) is -1.88. The molecule has 0 aliphatic carbocycles. The predicted octanol–water partition coefficient (Wildman–Crippen LogP) is 8.51. The number of benzene rings is 1. The molecule has 3 aromatic rings. The summed E-state index contributed by atoms with van der Waals surface area (Å²) in [7, 11) is 0. The van der Waals surface area contributed by atoms with Gasteiger partial charge in [-0.15, -0.1) is 0 Å². The van der Waals surface area contributed by atoms with Gasteiger partial charge >= 0.3 is 5.97 Å². The minimum Gasteiger partial charge on any atom is -0.460 e. The molecule has 4 rings (SSSR count). The molecule has 1 aliphatic heterocycles. The average molecular weight is 652 g/mol. The first-order valence-corrected chi connectivity index (χ1v) is 15.4. The number of nitrogens with zero attached hydrogens (tertiary/aromatic N) is 4. The Hall–Kier alpha value is -3.18. The highest BCUT2D eigenvalue weighted by Gasteiger charge is 2.47. The van der Waals surface area contributed by atoms with E-state index in [9.17, 15) is 18.0 Å². The molecule has 246 valence electrons. The van der Waals surface area contributed by atoms with Crippen molar-refractivity contribution in [3.8, 4) is 0 Å². The zero-order valence-corrected chi connectivity index (χ0v) is 27.8. The van der Waals surface area contributed by atoms with E-state index in [-0.39, 0.29) is 53.9 Å². The number of anilines is 2. The van der Waals surface area contributed by atoms with Crippen LogP contribution >= 0.6 is 11.6 Å². The molecule has 7 nitrogen and oxygen atoms in total. The van der Waals surface area contributed by atoms with E-state index in [1.165, 1.54) is 6.07 Å². The van der Waals surface area contributed by atoms with Gasteiger partial charge in [-0.25, -0.2) is 22.5 Å². The van der Waals surface area contributed by atoms with Gasteiger partial charge in [0.25, 0.3) is 6.43 Å². The number of carbonyl (C=O) groups is 1. The second kappa shape index (κ2) is 12.9. The van der Waals surface area contributed by atoms with Crippen LogP contribution in [0.2, 0.25) is 5.02 Å². The van der Waals surface area contributed by atoms with Gasteiger partial charge in [0.05, 0.1) is 27.2 Å². The molecular weight excluding hydrogens is 610 g/mol. The highest BCUT2D eigenvalue weighted by atomic mass is 35.5. The van der Waals surface area contributed by atoms with Gasteiger partial charge in [-0.1, -0.05) is 23.7 Å². The van der Waals surface area contributed by atoms with Crippen molar-refractivity contribution >= 4 is 29.2 Å². The number of carbonyl (C=O) groups excluding carboxylic acids is 1. The molecule has 2 atom stereocenters. The highest BCUT2D eigenvalue weighted by Crippen LogP contribution is 2.42. The summed E-state index contributed by atoms with van der Waals surface area (Å²) in [6.07, 6.45) is -2.96. The third-order valence-electron chi connectivity index (χ3n) is 8.00. The Morgan fingerprint density at radius 1 is 1.13 bits per heavy atom. The number of likely N-dealkylation sites (tertiary alicyclic amines) is 1. The molecule has 0 spiro atoms. The summed E-state index contributed by atoms with van der Waals surface area (Å²) in [6, 6.07) is 7.25. The first-order chi connectivity index (χ1) is 20.8. The Morgan fingerprint density at radius 2 is 1.82 bits per heavy atom. The van der Waals surface area contributed by atoms with Crippen LogP contribution in [0.5, 0.6) is 0 Å². The second-order valence-corrected chi connectivity index (χ2v) is 14.4. The van der Waals surface area contributed by atoms with Gasteiger partial charge in [0.2, 0.25) is 0 Å². The third kappa shape index (κ3) is 7.98. The molecular formula is C33H42ClF4N5O2. The van der Waals surface area contributed by atoms with E-state index in [0.29, 0.717) is 17.9 Å². The number of hydrogen-bond donors (Lipinski definition) is 1. The average Bonchev–Trinajstić information content (AvgIpc) is 3.29. The van der Waals surface area contributed by atoms with Crippen LogP contribution in [0.15, 0.2) is 30.3 Å². The molecule has 2 unspecified atom stereocenters. The van der Waals surface area contributed by atoms with Gasteiger partial charge < -0.3 is 10.1 Å². The minimum absolute atomic E-state index is 0.0125. The molecule has 1 N–H and O–H groups in total. The summed E-state index contributed by atoms with van der Waals surface area (Å²) < 4.78 is 66.3. The Kier molecular flexibility index (Phi) is 9.95. The van der Waals surface area contributed by atoms with E-state index in [4.69, 9.17) is 16.3 Å². The topological polar surface area (TPSA) is 72.3 Å². The van der Waals surface area contributed by atoms with Gasteiger partial charge in [-0.05, 0) is 86.9 Å². The number of nitrogens with one attached hydrogen (secondary N) is 1. The Labute approximate surface area is 267 Å². The number of aryl methyl sites for hydroxylation is 1. The van der Waals surface area contributed by atoms with Crippen molar-refractivity contribution in [1.82, 2.24) is 19.7 Å². The highest BCUT2D eigenvalue weighted by molar-refractivity contribution is 6.30. The van der Waals surface area contributed by atoms with E-state index in [1.54, 1.807) is 43.7 Å². The van der Waals surface area contributed by atoms with E-state index >= 15 is 4.39 Å². The molecule has 3 heterocycles. The second-order valence-electron chi connectivity index (χ2n) is 14.0. The van der Waals surface area contributed by atoms with Crippen LogP contribution in [0, 0.1) is 24.0 Å². The number of esters is 1. The van der Waals surface area contributed by atoms with Crippen molar-refractivity contribution in [2.24, 2.45) is 5.41 Å². The molecule has 1 fully saturated rings. The summed E-state index contributed by atoms with van der Waals surface area (Å²) in [5, 5.41) is 7.51. The van der Waals surface area contributed by atoms with E-state index in [2.05, 4.69) is 15.4 Å². The van der Waals surface area contributed by atoms with Crippen molar-refractivity contribution in [3.63, 3.8) is 0 Å². The number of pyridine rings is 1. The molecule has 0 bridgehead atoms. The van der Waals surface area contributed by atoms with E-state index in [0.717, 1.165) is 11.8 Å². The van der Waals surface area contributed by atoms with Crippen LogP contribution in [-0.4, -0.2) is 43.8 Å². The summed E-state index contributed by atoms with van der Waals surface area (Å²) in [5.41, 5.74) is -2.29. The zero-order chi connectivity index (χ0) is 33.5. The lowest BCUT2D eigenvalue weighted by atomic mass is 9.71. The van der Waals surface area contributed by atoms with Crippen LogP contribution in [0.25, 0.3) is 0 Å². The molecule has 1 aliphatic rings. The van der Waals surface area contributed by atoms with Crippen LogP contribution in [-0.2, 0) is 28.0 Å². The van der Waals surface area contributed by atoms with E-state index in [1.807, 2.05) is 39.5 Å². The molecule has 0 saturated carbocycles. The molecule has 1 saturated heterocycles. The quantitative estimate of drug-likeness (QED) is 0.195. The van der Waals surface area contributed by atoms with Gasteiger partial charge in [-0.3, -0.25) is 14.4 Å². The molecule has 0 amide bonds. The van der Waals surface area contributed by atoms with Crippen molar-refractivity contribution in [2.75, 3.05) is 11.9 Å². The Balaban J connectivity index is 1.70. The summed E-state index contributed by atoms with van der Waals surface area (Å²) in [4.78, 5) is 20.3. The monoisotopic (exact) mass is 651 g/mol. The first kappa shape index (κ1) is 34.7. The lowest BCUT2D eigenvalue weighted by Gasteiger charge is -2.45. The molecule has 2 aromatic heterocycles. The fourth-order valence-electron chi connectivity index (χ4n) is 5.91. The van der Waals surface area contributed by atoms with Crippen molar-refractivity contribution < 1.29 is 27.1 Å². The van der Waals surface area contributed by atoms with Crippen molar-refractivity contribution in [1.29, 1.82) is 0 Å². The van der Waals surface area contributed by atoms with Crippen molar-refractivity contribution in [3.05, 3.63) is 69.5 Å². The third-order valence-corrected chi connectivity index (χ3v) is 8.29.